The predicted octanol–water partition coefficient (Wildman–Crippen LogP) is 4.18. The van der Waals surface area contributed by atoms with Crippen molar-refractivity contribution in [3.8, 4) is 0 Å². The van der Waals surface area contributed by atoms with Gasteiger partial charge in [0.25, 0.3) is 0 Å². The van der Waals surface area contributed by atoms with E-state index in [1.165, 1.54) is 15.8 Å². The van der Waals surface area contributed by atoms with Gasteiger partial charge in [0.15, 0.2) is 0 Å². The van der Waals surface area contributed by atoms with Crippen LogP contribution in [0.25, 0.3) is 10.9 Å². The number of aromatic nitrogens is 3. The van der Waals surface area contributed by atoms with Crippen LogP contribution in [0.15, 0.2) is 66.6 Å². The van der Waals surface area contributed by atoms with Gasteiger partial charge in [-0.25, -0.2) is 4.98 Å². The van der Waals surface area contributed by atoms with E-state index in [1.54, 1.807) is 29.9 Å². The maximum Gasteiger partial charge on any atom is 0.224 e. The highest BCUT2D eigenvalue weighted by Crippen LogP contribution is 2.33. The van der Waals surface area contributed by atoms with Gasteiger partial charge < -0.3 is 15.2 Å². The molecule has 1 saturated heterocycles. The Morgan fingerprint density at radius 2 is 2.19 bits per heavy atom. The van der Waals surface area contributed by atoms with Gasteiger partial charge in [0, 0.05) is 59.9 Å². The summed E-state index contributed by atoms with van der Waals surface area (Å²) in [6.07, 6.45) is 9.10. The molecule has 0 bridgehead atoms. The van der Waals surface area contributed by atoms with Gasteiger partial charge in [-0.15, -0.1) is 11.3 Å². The summed E-state index contributed by atoms with van der Waals surface area (Å²) in [4.78, 5) is 28.5. The molecule has 1 aromatic carbocycles. The van der Waals surface area contributed by atoms with Crippen molar-refractivity contribution in [3.63, 3.8) is 0 Å². The molecular formula is C24H25N5OS. The fraction of sp³-hybridized carbons (Fsp3) is 0.292. The van der Waals surface area contributed by atoms with Crippen LogP contribution >= 0.6 is 11.3 Å². The number of rotatable bonds is 6. The molecule has 0 spiro atoms. The first kappa shape index (κ1) is 19.8. The molecule has 158 valence electrons. The Morgan fingerprint density at radius 3 is 3.03 bits per heavy atom. The first-order chi connectivity index (χ1) is 15.3. The van der Waals surface area contributed by atoms with Gasteiger partial charge in [-0.05, 0) is 35.9 Å². The number of aromatic amines is 1. The number of thiophene rings is 1. The lowest BCUT2D eigenvalue weighted by Gasteiger charge is -2.32. The van der Waals surface area contributed by atoms with Gasteiger partial charge in [-0.1, -0.05) is 24.3 Å². The second-order valence-electron chi connectivity index (χ2n) is 7.95. The van der Waals surface area contributed by atoms with E-state index in [9.17, 15) is 4.79 Å². The molecule has 1 aliphatic heterocycles. The molecule has 0 aliphatic carbocycles. The van der Waals surface area contributed by atoms with Gasteiger partial charge >= 0.3 is 0 Å². The molecule has 0 radical (unpaired) electrons. The first-order valence-electron chi connectivity index (χ1n) is 10.7. The molecule has 2 N–H and O–H groups in total. The van der Waals surface area contributed by atoms with Crippen LogP contribution in [0.5, 0.6) is 0 Å². The van der Waals surface area contributed by atoms with Crippen LogP contribution < -0.4 is 10.2 Å². The van der Waals surface area contributed by atoms with Crippen LogP contribution in [0.2, 0.25) is 0 Å². The summed E-state index contributed by atoms with van der Waals surface area (Å²) in [5.74, 6) is 1.05. The Balaban J connectivity index is 1.31. The molecule has 3 aromatic heterocycles. The molecular weight excluding hydrogens is 406 g/mol. The van der Waals surface area contributed by atoms with Gasteiger partial charge in [0.2, 0.25) is 5.91 Å². The molecule has 4 aromatic rings. The second-order valence-corrected chi connectivity index (χ2v) is 8.93. The highest BCUT2D eigenvalue weighted by Gasteiger charge is 2.28. The van der Waals surface area contributed by atoms with Gasteiger partial charge in [0.05, 0.1) is 12.1 Å². The number of carbonyl (C=O) groups is 1. The van der Waals surface area contributed by atoms with Crippen LogP contribution in [-0.4, -0.2) is 40.5 Å². The number of nitrogens with one attached hydrogen (secondary N) is 2. The molecule has 6 nitrogen and oxygen atoms in total. The van der Waals surface area contributed by atoms with Crippen molar-refractivity contribution in [2.24, 2.45) is 5.92 Å². The second kappa shape index (κ2) is 8.89. The molecule has 0 saturated carbocycles. The van der Waals surface area contributed by atoms with Gasteiger partial charge in [-0.3, -0.25) is 9.78 Å². The Labute approximate surface area is 185 Å². The molecule has 7 heteroatoms. The minimum Gasteiger partial charge on any atom is -0.361 e. The number of anilines is 1. The standard InChI is InChI=1S/C24H25N5OS/c30-24(17-5-3-11-29(16-17)23-15-25-9-10-26-23)28-14-20(22-8-4-12-31-22)19-13-27-21-7-2-1-6-18(19)21/h1-2,4,6-10,12-13,15,17,20,27H,3,5,11,14,16H2,(H,28,30)/t17-,20-/m0/s1. The lowest BCUT2D eigenvalue weighted by molar-refractivity contribution is -0.125. The van der Waals surface area contributed by atoms with Crippen molar-refractivity contribution in [2.45, 2.75) is 18.8 Å². The summed E-state index contributed by atoms with van der Waals surface area (Å²) in [6, 6.07) is 12.6. The summed E-state index contributed by atoms with van der Waals surface area (Å²) >= 11 is 1.73. The smallest absolute Gasteiger partial charge is 0.224 e. The largest absolute Gasteiger partial charge is 0.361 e. The van der Waals surface area contributed by atoms with E-state index in [0.717, 1.165) is 30.7 Å². The zero-order chi connectivity index (χ0) is 21.0. The zero-order valence-corrected chi connectivity index (χ0v) is 18.0. The molecule has 1 aliphatic rings. The average molecular weight is 432 g/mol. The molecule has 5 rings (SSSR count). The minimum absolute atomic E-state index is 0.0392. The van der Waals surface area contributed by atoms with Crippen molar-refractivity contribution in [1.82, 2.24) is 20.3 Å². The molecule has 2 atom stereocenters. The van der Waals surface area contributed by atoms with Crippen LogP contribution in [-0.2, 0) is 4.79 Å². The highest BCUT2D eigenvalue weighted by molar-refractivity contribution is 7.10. The van der Waals surface area contributed by atoms with Crippen molar-refractivity contribution in [2.75, 3.05) is 24.5 Å². The summed E-state index contributed by atoms with van der Waals surface area (Å²) in [5.41, 5.74) is 2.35. The summed E-state index contributed by atoms with van der Waals surface area (Å²) in [5, 5.41) is 6.56. The van der Waals surface area contributed by atoms with Crippen molar-refractivity contribution in [3.05, 3.63) is 77.0 Å². The summed E-state index contributed by atoms with van der Waals surface area (Å²) < 4.78 is 0. The Hall–Kier alpha value is -3.19. The number of benzene rings is 1. The van der Waals surface area contributed by atoms with E-state index in [2.05, 4.69) is 67.1 Å². The molecule has 1 amide bonds. The Morgan fingerprint density at radius 1 is 1.26 bits per heavy atom. The molecule has 31 heavy (non-hydrogen) atoms. The summed E-state index contributed by atoms with van der Waals surface area (Å²) in [7, 11) is 0. The zero-order valence-electron chi connectivity index (χ0n) is 17.2. The third kappa shape index (κ3) is 4.18. The number of hydrogen-bond donors (Lipinski definition) is 2. The number of H-pyrrole nitrogens is 1. The van der Waals surface area contributed by atoms with Crippen LogP contribution in [0.4, 0.5) is 5.82 Å². The van der Waals surface area contributed by atoms with Crippen molar-refractivity contribution in [1.29, 1.82) is 0 Å². The van der Waals surface area contributed by atoms with Crippen LogP contribution in [0, 0.1) is 5.92 Å². The normalized spacial score (nSPS) is 17.5. The molecule has 0 unspecified atom stereocenters. The highest BCUT2D eigenvalue weighted by atomic mass is 32.1. The van der Waals surface area contributed by atoms with E-state index in [-0.39, 0.29) is 17.7 Å². The number of hydrogen-bond acceptors (Lipinski definition) is 5. The number of carbonyl (C=O) groups excluding carboxylic acids is 1. The predicted molar refractivity (Wildman–Crippen MR) is 124 cm³/mol. The quantitative estimate of drug-likeness (QED) is 0.480. The number of nitrogens with zero attached hydrogens (tertiary/aromatic N) is 3. The van der Waals surface area contributed by atoms with Crippen LogP contribution in [0.1, 0.15) is 29.2 Å². The Kier molecular flexibility index (Phi) is 5.67. The maximum absolute atomic E-state index is 13.1. The SMILES string of the molecule is O=C(NC[C@H](c1cccs1)c1c[nH]c2ccccc12)[C@H]1CCCN(c2cnccn2)C1. The fourth-order valence-electron chi connectivity index (χ4n) is 4.44. The van der Waals surface area contributed by atoms with Gasteiger partial charge in [-0.2, -0.15) is 0 Å². The Bertz CT molecular complexity index is 1140. The third-order valence-electron chi connectivity index (χ3n) is 6.03. The lowest BCUT2D eigenvalue weighted by Crippen LogP contribution is -2.44. The fourth-order valence-corrected chi connectivity index (χ4v) is 5.28. The van der Waals surface area contributed by atoms with E-state index in [4.69, 9.17) is 0 Å². The number of para-hydroxylation sites is 1. The van der Waals surface area contributed by atoms with E-state index >= 15 is 0 Å². The molecule has 4 heterocycles. The van der Waals surface area contributed by atoms with E-state index < -0.39 is 0 Å². The molecule has 1 fully saturated rings. The lowest BCUT2D eigenvalue weighted by atomic mass is 9.94. The van der Waals surface area contributed by atoms with Crippen molar-refractivity contribution < 1.29 is 4.79 Å². The summed E-state index contributed by atoms with van der Waals surface area (Å²) in [6.45, 7) is 2.18. The topological polar surface area (TPSA) is 73.9 Å². The van der Waals surface area contributed by atoms with Crippen LogP contribution in [0.3, 0.4) is 0 Å². The van der Waals surface area contributed by atoms with Gasteiger partial charge in [0.1, 0.15) is 5.82 Å². The monoisotopic (exact) mass is 431 g/mol. The number of piperidine rings is 1. The average Bonchev–Trinajstić information content (AvgIpc) is 3.51. The minimum atomic E-state index is -0.0392. The van der Waals surface area contributed by atoms with E-state index in [1.807, 2.05) is 6.07 Å². The maximum atomic E-state index is 13.1. The van der Waals surface area contributed by atoms with E-state index in [0.29, 0.717) is 13.1 Å². The van der Waals surface area contributed by atoms with Crippen molar-refractivity contribution >= 4 is 34.0 Å². The number of fused-ring (bicyclic) bond motifs is 1. The first-order valence-corrected chi connectivity index (χ1v) is 11.6. The number of amides is 1. The third-order valence-corrected chi connectivity index (χ3v) is 7.02.